The summed E-state index contributed by atoms with van der Waals surface area (Å²) < 4.78 is 223. The Hall–Kier alpha value is -7.26. The van der Waals surface area contributed by atoms with Crippen molar-refractivity contribution in [3.63, 3.8) is 0 Å². The predicted octanol–water partition coefficient (Wildman–Crippen LogP) is 8.82. The number of rotatable bonds is 13. The van der Waals surface area contributed by atoms with Gasteiger partial charge in [0.1, 0.15) is 69.4 Å². The fourth-order valence-corrected chi connectivity index (χ4v) is 10.3. The van der Waals surface area contributed by atoms with Gasteiger partial charge in [-0.2, -0.15) is 76.1 Å². The molecule has 7 aromatic heterocycles. The van der Waals surface area contributed by atoms with Crippen LogP contribution in [0.3, 0.4) is 0 Å². The summed E-state index contributed by atoms with van der Waals surface area (Å²) >= 11 is 8.26. The van der Waals surface area contributed by atoms with Gasteiger partial charge in [-0.25, -0.2) is 47.9 Å². The molecule has 9 heterocycles. The van der Waals surface area contributed by atoms with Gasteiger partial charge >= 0.3 is 146 Å². The monoisotopic (exact) mass is 1790 g/mol. The second-order valence-corrected chi connectivity index (χ2v) is 25.8. The number of nitrogens with one attached hydrogen (secondary N) is 2. The van der Waals surface area contributed by atoms with Crippen LogP contribution in [0.15, 0.2) is 91.9 Å². The third kappa shape index (κ3) is 30.9. The van der Waals surface area contributed by atoms with Gasteiger partial charge in [-0.05, 0) is 169 Å². The molecule has 26 nitrogen and oxygen atoms in total. The van der Waals surface area contributed by atoms with Crippen LogP contribution in [0.4, 0.5) is 86.0 Å². The molecular weight excluding hydrogens is 1720 g/mol. The van der Waals surface area contributed by atoms with Gasteiger partial charge in [0.2, 0.25) is 11.1 Å². The molecule has 0 radical (unpaired) electrons. The van der Waals surface area contributed by atoms with Crippen molar-refractivity contribution in [1.82, 2.24) is 67.7 Å². The van der Waals surface area contributed by atoms with Gasteiger partial charge in [0.15, 0.2) is 28.6 Å². The van der Waals surface area contributed by atoms with Crippen molar-refractivity contribution in [2.24, 2.45) is 0 Å². The number of Topliss-reactive ketones (excluding diaryl/α,β-unsaturated/α-hetero) is 1. The molecule has 115 heavy (non-hydrogen) atoms. The number of aromatic amines is 1. The fourth-order valence-electron chi connectivity index (χ4n) is 10.1. The molecule has 2 aliphatic heterocycles. The van der Waals surface area contributed by atoms with Crippen LogP contribution in [0, 0.1) is 46.3 Å². The molecule has 0 spiro atoms. The van der Waals surface area contributed by atoms with E-state index in [0.29, 0.717) is 43.6 Å². The van der Waals surface area contributed by atoms with Crippen LogP contribution < -0.4 is 118 Å². The first-order valence-electron chi connectivity index (χ1n) is 33.1. The molecular formula is C68H75BrClF17K2N16O10. The van der Waals surface area contributed by atoms with Gasteiger partial charge in [0, 0.05) is 37.9 Å². The van der Waals surface area contributed by atoms with E-state index in [2.05, 4.69) is 71.0 Å². The first-order chi connectivity index (χ1) is 52.3. The van der Waals surface area contributed by atoms with Crippen molar-refractivity contribution >= 4 is 74.2 Å². The van der Waals surface area contributed by atoms with E-state index >= 15 is 0 Å². The normalized spacial score (nSPS) is 13.5. The van der Waals surface area contributed by atoms with E-state index in [4.69, 9.17) is 26.8 Å². The maximum Gasteiger partial charge on any atom is 1.00 e. The topological polar surface area (TPSA) is 315 Å². The average molecular weight is 1790 g/mol. The summed E-state index contributed by atoms with van der Waals surface area (Å²) in [6, 6.07) is 8.87. The second kappa shape index (κ2) is 45.6. The van der Waals surface area contributed by atoms with Gasteiger partial charge in [0.25, 0.3) is 6.47 Å². The van der Waals surface area contributed by atoms with E-state index in [1.807, 2.05) is 10.9 Å². The smallest absolute Gasteiger partial charge is 1.00 e. The number of fused-ring (bicyclic) bond motifs is 2. The minimum atomic E-state index is -4.58. The number of carbonyl (C=O) groups is 6. The number of hydrogen-bond donors (Lipinski definition) is 3. The first kappa shape index (κ1) is 104. The number of imidazole rings is 5. The molecule has 0 bridgehead atoms. The number of benzene rings is 2. The van der Waals surface area contributed by atoms with E-state index in [0.717, 1.165) is 70.4 Å². The summed E-state index contributed by atoms with van der Waals surface area (Å²) in [6.45, 7) is 19.4. The number of carbonyl (C=O) groups excluding carboxylic acids is 5. The Morgan fingerprint density at radius 2 is 0.983 bits per heavy atom. The maximum absolute atomic E-state index is 13.2. The standard InChI is InChI=1S/C20H19F4N5O.C12H12FN3.C9H11F3N2O.C8H8ClF3N2O.C8H9F3N2O2.C5H9BrO2.C5H5F3N2.CH2O3.2K.H/c1-12(28-11-18(20(22,23)24)26-13(28)2)19(30)27-9-3-4-16-17(27)10-25-29(16)15-7-5-14(21)6-8-15;13-9-3-5-10(6-4-9)16-12-2-1-7-14-11(12)8-15-16;1-5(6(2)15)14-4-8(9(10,11)12)13-7(14)3;1-4(7(9)15)14-3-6(8(10,11)12)13-5(14)2;1-4(7(14)15)13-3-6(8(9,10)11)12-5(13)2;1-3-8-5(7)4(2)6;1-3-9-2-4(10-3)5(6,7)8;2-1-4-3;;;/h5-8,10-12H,3-4,9H2,1-2H3;3-6,8,14H,1-2,7H2;4-5H,1-3H3;3-4H,1-2H3;3-4H,1-2H3,(H,14,15);4H,3H2,1-2H3;2H,1H3,(H,9,10);1,3H;;;/q;;;;;;;;2*+1;-1/p-1. The van der Waals surface area contributed by atoms with Crippen LogP contribution in [-0.4, -0.2) is 133 Å². The molecule has 2 aromatic carbocycles. The van der Waals surface area contributed by atoms with Crippen LogP contribution >= 0.6 is 27.5 Å². The number of H-pyrrole nitrogens is 1. The van der Waals surface area contributed by atoms with Crippen LogP contribution in [0.2, 0.25) is 0 Å². The van der Waals surface area contributed by atoms with E-state index in [-0.39, 0.29) is 174 Å². The number of carboxylic acids is 1. The van der Waals surface area contributed by atoms with E-state index < -0.39 is 94.7 Å². The molecule has 5 atom stereocenters. The third-order valence-electron chi connectivity index (χ3n) is 15.9. The Bertz CT molecular complexity index is 4460. The van der Waals surface area contributed by atoms with Gasteiger partial charge < -0.3 is 54.9 Å². The van der Waals surface area contributed by atoms with Crippen molar-refractivity contribution < 1.29 is 228 Å². The molecule has 0 saturated heterocycles. The number of aryl methyl sites for hydroxylation is 5. The molecule has 0 saturated carbocycles. The Labute approximate surface area is 744 Å². The van der Waals surface area contributed by atoms with E-state index in [1.54, 1.807) is 60.8 Å². The molecule has 3 N–H and O–H groups in total. The van der Waals surface area contributed by atoms with Crippen molar-refractivity contribution in [1.29, 1.82) is 0 Å². The summed E-state index contributed by atoms with van der Waals surface area (Å²) in [7, 11) is 0. The fraction of sp³-hybridized carbons (Fsp3) is 0.426. The van der Waals surface area contributed by atoms with Gasteiger partial charge in [-0.1, -0.05) is 15.9 Å². The SMILES string of the molecule is CC(=O)C(C)n1cc(C(F)(F)F)nc1C.CCOC(=O)C(C)Br.Cc1nc(C(F)(F)F)cn1C(C)C(=O)Cl.Cc1nc(C(F)(F)F)cn1C(C)C(=O)N1CCCc2c1cnn2-c1ccc(F)cc1.Cc1nc(C(F)(F)F)cn1C(C)C(=O)O.Cc1ncc(C(F)(F)F)[nH]1.Fc1ccc(-n2ncc3c2CCCN3)cc1.O=CO[O-].[H-].[K+].[K+]. The Morgan fingerprint density at radius 1 is 0.600 bits per heavy atom. The molecule has 11 rings (SSSR count). The van der Waals surface area contributed by atoms with Crippen LogP contribution in [0.25, 0.3) is 11.4 Å². The number of nitrogens with zero attached hydrogens (tertiary/aromatic N) is 14. The van der Waals surface area contributed by atoms with Gasteiger partial charge in [0.05, 0.1) is 65.4 Å². The number of anilines is 2. The summed E-state index contributed by atoms with van der Waals surface area (Å²) in [6.07, 6.45) is -11.6. The zero-order valence-electron chi connectivity index (χ0n) is 64.6. The predicted molar refractivity (Wildman–Crippen MR) is 372 cm³/mol. The summed E-state index contributed by atoms with van der Waals surface area (Å²) in [5.74, 6) is -1.84. The number of ketones is 1. The van der Waals surface area contributed by atoms with Crippen LogP contribution in [0.5, 0.6) is 0 Å². The number of carboxylic acid groups (broad SMARTS) is 1. The summed E-state index contributed by atoms with van der Waals surface area (Å²) in [4.78, 5) is 87.6. The van der Waals surface area contributed by atoms with E-state index in [1.165, 1.54) is 101 Å². The molecule has 0 fully saturated rings. The minimum Gasteiger partial charge on any atom is -1.00 e. The molecule has 1 amide bonds. The van der Waals surface area contributed by atoms with Gasteiger partial charge in [-0.15, -0.1) is 0 Å². The molecule has 9 aromatic rings. The number of ether oxygens (including phenoxy) is 1. The number of esters is 1. The largest absolute Gasteiger partial charge is 1.00 e. The number of amides is 1. The minimum absolute atomic E-state index is 0. The Morgan fingerprint density at radius 3 is 1.30 bits per heavy atom. The zero-order chi connectivity index (χ0) is 85.7. The molecule has 47 heteroatoms. The quantitative estimate of drug-likeness (QED) is 0.0142. The Balaban J connectivity index is 0.000000693. The zero-order valence-corrected chi connectivity index (χ0v) is 72.2. The second-order valence-electron chi connectivity index (χ2n) is 24.1. The van der Waals surface area contributed by atoms with Crippen molar-refractivity contribution in [3.8, 4) is 11.4 Å². The number of aliphatic carboxylic acids is 1. The average Bonchev–Trinajstić information content (AvgIpc) is 1.60. The Kier molecular flexibility index (Phi) is 41.2. The van der Waals surface area contributed by atoms with Crippen molar-refractivity contribution in [3.05, 3.63) is 173 Å². The van der Waals surface area contributed by atoms with Crippen LogP contribution in [0.1, 0.15) is 156 Å². The van der Waals surface area contributed by atoms with Crippen molar-refractivity contribution in [2.45, 2.75) is 169 Å². The number of alkyl halides is 16. The summed E-state index contributed by atoms with van der Waals surface area (Å²) in [5, 5.41) is 28.3. The molecule has 2 aliphatic rings. The van der Waals surface area contributed by atoms with E-state index in [9.17, 15) is 98.6 Å². The molecule has 622 valence electrons. The number of aromatic nitrogens is 14. The summed E-state index contributed by atoms with van der Waals surface area (Å²) in [5.41, 5.74) is 0.363. The van der Waals surface area contributed by atoms with Crippen LogP contribution in [-0.2, 0) is 82.1 Å². The maximum atomic E-state index is 13.2. The third-order valence-corrected chi connectivity index (χ3v) is 16.6. The molecule has 0 aliphatic carbocycles. The van der Waals surface area contributed by atoms with Crippen molar-refractivity contribution in [2.75, 3.05) is 29.9 Å². The van der Waals surface area contributed by atoms with Gasteiger partial charge in [-0.3, -0.25) is 24.0 Å². The molecule has 5 unspecified atom stereocenters. The number of halogens is 19. The first-order valence-corrected chi connectivity index (χ1v) is 34.4. The number of hydrogen-bond acceptors (Lipinski definition) is 17.